The molecular weight excluding hydrogens is 274 g/mol. The first-order valence-corrected chi connectivity index (χ1v) is 8.79. The quantitative estimate of drug-likeness (QED) is 0.794. The lowest BCUT2D eigenvalue weighted by Crippen LogP contribution is -2.28. The molecule has 5 nitrogen and oxygen atoms in total. The van der Waals surface area contributed by atoms with Gasteiger partial charge in [-0.25, -0.2) is 12.7 Å². The molecule has 0 saturated heterocycles. The van der Waals surface area contributed by atoms with Gasteiger partial charge in [0.1, 0.15) is 4.90 Å². The van der Waals surface area contributed by atoms with Crippen molar-refractivity contribution >= 4 is 10.0 Å². The van der Waals surface area contributed by atoms with Crippen molar-refractivity contribution in [3.8, 4) is 0 Å². The Hall–Kier alpha value is -0.850. The molecule has 0 radical (unpaired) electrons. The Labute approximate surface area is 122 Å². The third kappa shape index (κ3) is 3.42. The topological polar surface area (TPSA) is 54.3 Å². The third-order valence-corrected chi connectivity index (χ3v) is 5.57. The van der Waals surface area contributed by atoms with Gasteiger partial charge in [-0.1, -0.05) is 6.92 Å². The zero-order valence-corrected chi connectivity index (χ0v) is 13.4. The number of aryl methyl sites for hydroxylation is 1. The lowest BCUT2D eigenvalue weighted by atomic mass is 10.4. The third-order valence-electron chi connectivity index (χ3n) is 3.78. The summed E-state index contributed by atoms with van der Waals surface area (Å²) in [6.07, 6.45) is 4.06. The van der Waals surface area contributed by atoms with Crippen LogP contribution in [0.2, 0.25) is 0 Å². The summed E-state index contributed by atoms with van der Waals surface area (Å²) in [7, 11) is -1.66. The largest absolute Gasteiger partial charge is 0.349 e. The molecule has 1 fully saturated rings. The van der Waals surface area contributed by atoms with Gasteiger partial charge in [0.2, 0.25) is 10.0 Å². The van der Waals surface area contributed by atoms with Gasteiger partial charge in [0.15, 0.2) is 0 Å². The molecule has 0 aliphatic heterocycles. The van der Waals surface area contributed by atoms with Gasteiger partial charge in [-0.05, 0) is 38.3 Å². The maximum absolute atomic E-state index is 12.5. The molecule has 0 amide bonds. The van der Waals surface area contributed by atoms with Gasteiger partial charge in [-0.15, -0.1) is 0 Å². The Kier molecular flexibility index (Phi) is 4.88. The SMILES string of the molecule is CCNCc1cc(S(=O)(=O)N(C)CC2CC2)cn1CC. The molecule has 1 N–H and O–H groups in total. The molecule has 1 saturated carbocycles. The van der Waals surface area contributed by atoms with Crippen LogP contribution in [0.15, 0.2) is 17.2 Å². The van der Waals surface area contributed by atoms with Gasteiger partial charge in [-0.2, -0.15) is 0 Å². The van der Waals surface area contributed by atoms with Crippen LogP contribution >= 0.6 is 0 Å². The Morgan fingerprint density at radius 2 is 2.10 bits per heavy atom. The highest BCUT2D eigenvalue weighted by atomic mass is 32.2. The van der Waals surface area contributed by atoms with Crippen LogP contribution in [0.5, 0.6) is 0 Å². The first-order valence-electron chi connectivity index (χ1n) is 7.35. The van der Waals surface area contributed by atoms with E-state index < -0.39 is 10.0 Å². The summed E-state index contributed by atoms with van der Waals surface area (Å²) in [4.78, 5) is 0.412. The Morgan fingerprint density at radius 1 is 1.40 bits per heavy atom. The molecule has 114 valence electrons. The van der Waals surface area contributed by atoms with Crippen LogP contribution in [0, 0.1) is 5.92 Å². The summed E-state index contributed by atoms with van der Waals surface area (Å²) in [5.41, 5.74) is 1.02. The summed E-state index contributed by atoms with van der Waals surface area (Å²) in [6, 6.07) is 1.80. The number of rotatable bonds is 8. The Balaban J connectivity index is 2.19. The van der Waals surface area contributed by atoms with Gasteiger partial charge >= 0.3 is 0 Å². The van der Waals surface area contributed by atoms with E-state index in [2.05, 4.69) is 5.32 Å². The second kappa shape index (κ2) is 6.28. The Morgan fingerprint density at radius 3 is 2.65 bits per heavy atom. The maximum atomic E-state index is 12.5. The Bertz CT molecular complexity index is 547. The smallest absolute Gasteiger partial charge is 0.244 e. The van der Waals surface area contributed by atoms with E-state index in [-0.39, 0.29) is 0 Å². The fourth-order valence-electron chi connectivity index (χ4n) is 2.30. The predicted octanol–water partition coefficient (Wildman–Crippen LogP) is 1.65. The van der Waals surface area contributed by atoms with Crippen LogP contribution in [-0.4, -0.2) is 37.4 Å². The van der Waals surface area contributed by atoms with E-state index in [0.29, 0.717) is 23.9 Å². The van der Waals surface area contributed by atoms with Crippen LogP contribution in [0.3, 0.4) is 0 Å². The second-order valence-electron chi connectivity index (χ2n) is 5.46. The van der Waals surface area contributed by atoms with Crippen molar-refractivity contribution in [2.45, 2.75) is 44.7 Å². The predicted molar refractivity (Wildman–Crippen MR) is 80.0 cm³/mol. The monoisotopic (exact) mass is 299 g/mol. The average molecular weight is 299 g/mol. The van der Waals surface area contributed by atoms with Crippen LogP contribution in [0.25, 0.3) is 0 Å². The van der Waals surface area contributed by atoms with E-state index in [0.717, 1.165) is 31.6 Å². The fourth-order valence-corrected chi connectivity index (χ4v) is 3.62. The van der Waals surface area contributed by atoms with E-state index in [4.69, 9.17) is 0 Å². The van der Waals surface area contributed by atoms with Crippen molar-refractivity contribution < 1.29 is 8.42 Å². The molecule has 1 aromatic heterocycles. The zero-order chi connectivity index (χ0) is 14.8. The molecule has 0 aromatic carbocycles. The second-order valence-corrected chi connectivity index (χ2v) is 7.51. The lowest BCUT2D eigenvalue weighted by Gasteiger charge is -2.15. The van der Waals surface area contributed by atoms with E-state index in [1.165, 1.54) is 4.31 Å². The molecule has 1 aliphatic rings. The van der Waals surface area contributed by atoms with Gasteiger partial charge in [-0.3, -0.25) is 0 Å². The summed E-state index contributed by atoms with van der Waals surface area (Å²) in [5, 5.41) is 3.25. The summed E-state index contributed by atoms with van der Waals surface area (Å²) in [5.74, 6) is 0.560. The lowest BCUT2D eigenvalue weighted by molar-refractivity contribution is 0.452. The number of aromatic nitrogens is 1. The van der Waals surface area contributed by atoms with Crippen molar-refractivity contribution in [2.24, 2.45) is 5.92 Å². The number of nitrogens with zero attached hydrogens (tertiary/aromatic N) is 2. The minimum atomic E-state index is -3.35. The fraction of sp³-hybridized carbons (Fsp3) is 0.714. The molecule has 6 heteroatoms. The molecule has 0 bridgehead atoms. The highest BCUT2D eigenvalue weighted by Crippen LogP contribution is 2.31. The average Bonchev–Trinajstić information content (AvgIpc) is 3.13. The van der Waals surface area contributed by atoms with E-state index in [1.54, 1.807) is 19.3 Å². The minimum absolute atomic E-state index is 0.412. The van der Waals surface area contributed by atoms with Gasteiger partial charge in [0, 0.05) is 38.6 Å². The summed E-state index contributed by atoms with van der Waals surface area (Å²) in [6.45, 7) is 7.07. The molecular formula is C14H25N3O2S. The van der Waals surface area contributed by atoms with Crippen LogP contribution in [0.1, 0.15) is 32.4 Å². The van der Waals surface area contributed by atoms with Gasteiger partial charge in [0.05, 0.1) is 0 Å². The minimum Gasteiger partial charge on any atom is -0.349 e. The highest BCUT2D eigenvalue weighted by Gasteiger charge is 2.30. The first-order chi connectivity index (χ1) is 9.48. The van der Waals surface area contributed by atoms with Crippen molar-refractivity contribution in [3.05, 3.63) is 18.0 Å². The normalized spacial score (nSPS) is 16.0. The van der Waals surface area contributed by atoms with Crippen molar-refractivity contribution in [2.75, 3.05) is 20.1 Å². The number of sulfonamides is 1. The number of hydrogen-bond donors (Lipinski definition) is 1. The number of hydrogen-bond acceptors (Lipinski definition) is 3. The first kappa shape index (κ1) is 15.5. The van der Waals surface area contributed by atoms with Crippen LogP contribution in [0.4, 0.5) is 0 Å². The van der Waals surface area contributed by atoms with Gasteiger partial charge < -0.3 is 9.88 Å². The summed E-state index contributed by atoms with van der Waals surface area (Å²) >= 11 is 0. The van der Waals surface area contributed by atoms with Crippen LogP contribution in [-0.2, 0) is 23.1 Å². The van der Waals surface area contributed by atoms with E-state index >= 15 is 0 Å². The van der Waals surface area contributed by atoms with E-state index in [9.17, 15) is 8.42 Å². The van der Waals surface area contributed by atoms with Crippen LogP contribution < -0.4 is 5.32 Å². The standard InChI is InChI=1S/C14H25N3O2S/c1-4-15-9-13-8-14(11-17(13)5-2)20(18,19)16(3)10-12-6-7-12/h8,11-12,15H,4-7,9-10H2,1-3H3. The molecule has 1 aliphatic carbocycles. The highest BCUT2D eigenvalue weighted by molar-refractivity contribution is 7.89. The summed E-state index contributed by atoms with van der Waals surface area (Å²) < 4.78 is 28.6. The molecule has 1 aromatic rings. The molecule has 0 atom stereocenters. The zero-order valence-electron chi connectivity index (χ0n) is 12.6. The van der Waals surface area contributed by atoms with Crippen molar-refractivity contribution in [1.82, 2.24) is 14.2 Å². The molecule has 0 spiro atoms. The van der Waals surface area contributed by atoms with E-state index in [1.807, 2.05) is 18.4 Å². The number of nitrogens with one attached hydrogen (secondary N) is 1. The van der Waals surface area contributed by atoms with Gasteiger partial charge in [0.25, 0.3) is 0 Å². The molecule has 20 heavy (non-hydrogen) atoms. The molecule has 0 unspecified atom stereocenters. The van der Waals surface area contributed by atoms with Crippen molar-refractivity contribution in [3.63, 3.8) is 0 Å². The van der Waals surface area contributed by atoms with Crippen molar-refractivity contribution in [1.29, 1.82) is 0 Å². The molecule has 1 heterocycles. The molecule has 2 rings (SSSR count). The maximum Gasteiger partial charge on any atom is 0.244 e.